The molecule has 2 aromatic carbocycles. The van der Waals surface area contributed by atoms with Crippen molar-refractivity contribution in [1.29, 1.82) is 0 Å². The van der Waals surface area contributed by atoms with Crippen LogP contribution in [0.1, 0.15) is 26.3 Å². The van der Waals surface area contributed by atoms with E-state index in [1.165, 1.54) is 18.2 Å². The minimum absolute atomic E-state index is 0.0804. The zero-order chi connectivity index (χ0) is 15.1. The highest BCUT2D eigenvalue weighted by molar-refractivity contribution is 6.23. The molecule has 1 aliphatic heterocycles. The van der Waals surface area contributed by atoms with Crippen molar-refractivity contribution in [2.24, 2.45) is 0 Å². The number of aromatic hydroxyl groups is 1. The Labute approximate surface area is 119 Å². The molecule has 21 heavy (non-hydrogen) atoms. The maximum Gasteiger partial charge on any atom is 0.263 e. The second kappa shape index (κ2) is 4.59. The zero-order valence-corrected chi connectivity index (χ0v) is 10.8. The quantitative estimate of drug-likeness (QED) is 0.652. The lowest BCUT2D eigenvalue weighted by atomic mass is 10.1. The average molecular weight is 286 g/mol. The fourth-order valence-corrected chi connectivity index (χ4v) is 2.33. The summed E-state index contributed by atoms with van der Waals surface area (Å²) in [5.41, 5.74) is 6.81. The molecule has 1 aliphatic rings. The van der Waals surface area contributed by atoms with Crippen molar-refractivity contribution < 1.29 is 19.1 Å². The third-order valence-electron chi connectivity index (χ3n) is 3.38. The Morgan fingerprint density at radius 2 is 1.90 bits per heavy atom. The summed E-state index contributed by atoms with van der Waals surface area (Å²) in [6.07, 6.45) is 0. The van der Waals surface area contributed by atoms with E-state index in [9.17, 15) is 14.0 Å². The highest BCUT2D eigenvalue weighted by atomic mass is 19.1. The number of carbonyl (C=O) groups excluding carboxylic acids is 2. The molecule has 0 saturated carbocycles. The first-order chi connectivity index (χ1) is 9.99. The number of fused-ring (bicyclic) bond motifs is 1. The first-order valence-electron chi connectivity index (χ1n) is 6.21. The first-order valence-corrected chi connectivity index (χ1v) is 6.21. The molecule has 106 valence electrons. The number of nitrogens with two attached hydrogens (primary N) is 1. The summed E-state index contributed by atoms with van der Waals surface area (Å²) < 4.78 is 13.3. The molecule has 6 heteroatoms. The van der Waals surface area contributed by atoms with Crippen LogP contribution in [0, 0.1) is 5.82 Å². The van der Waals surface area contributed by atoms with Crippen molar-refractivity contribution in [1.82, 2.24) is 4.90 Å². The Morgan fingerprint density at radius 1 is 1.14 bits per heavy atom. The SMILES string of the molecule is Nc1cccc2c1C(=O)N(Cc1ccc(O)c(F)c1)C2=O. The Kier molecular flexibility index (Phi) is 2.86. The van der Waals surface area contributed by atoms with Gasteiger partial charge in [0.1, 0.15) is 0 Å². The topological polar surface area (TPSA) is 83.6 Å². The smallest absolute Gasteiger partial charge is 0.263 e. The molecule has 2 aromatic rings. The number of nitrogens with zero attached hydrogens (tertiary/aromatic N) is 1. The summed E-state index contributed by atoms with van der Waals surface area (Å²) in [4.78, 5) is 25.5. The fourth-order valence-electron chi connectivity index (χ4n) is 2.33. The predicted octanol–water partition coefficient (Wildman–Crippen LogP) is 1.91. The molecule has 0 bridgehead atoms. The fraction of sp³-hybridized carbons (Fsp3) is 0.0667. The van der Waals surface area contributed by atoms with Crippen LogP contribution in [0.3, 0.4) is 0 Å². The summed E-state index contributed by atoms with van der Waals surface area (Å²) in [7, 11) is 0. The molecule has 5 nitrogen and oxygen atoms in total. The van der Waals surface area contributed by atoms with Gasteiger partial charge in [0.05, 0.1) is 17.7 Å². The van der Waals surface area contributed by atoms with Gasteiger partial charge in [-0.15, -0.1) is 0 Å². The number of phenols is 1. The highest BCUT2D eigenvalue weighted by Gasteiger charge is 2.36. The number of nitrogen functional groups attached to an aromatic ring is 1. The van der Waals surface area contributed by atoms with E-state index in [2.05, 4.69) is 0 Å². The van der Waals surface area contributed by atoms with Crippen LogP contribution in [-0.4, -0.2) is 21.8 Å². The lowest BCUT2D eigenvalue weighted by molar-refractivity contribution is 0.0642. The highest BCUT2D eigenvalue weighted by Crippen LogP contribution is 2.29. The number of carbonyl (C=O) groups is 2. The van der Waals surface area contributed by atoms with E-state index in [1.807, 2.05) is 0 Å². The maximum absolute atomic E-state index is 13.3. The van der Waals surface area contributed by atoms with Crippen molar-refractivity contribution in [3.63, 3.8) is 0 Å². The molecule has 0 aromatic heterocycles. The summed E-state index contributed by atoms with van der Waals surface area (Å²) in [5.74, 6) is -2.24. The molecule has 3 N–H and O–H groups in total. The number of phenolic OH excluding ortho intramolecular Hbond substituents is 1. The minimum atomic E-state index is -0.802. The van der Waals surface area contributed by atoms with Crippen LogP contribution in [0.25, 0.3) is 0 Å². The van der Waals surface area contributed by atoms with E-state index in [4.69, 9.17) is 10.8 Å². The van der Waals surface area contributed by atoms with Gasteiger partial charge >= 0.3 is 0 Å². The average Bonchev–Trinajstić information content (AvgIpc) is 2.69. The summed E-state index contributed by atoms with van der Waals surface area (Å²) >= 11 is 0. The van der Waals surface area contributed by atoms with Gasteiger partial charge in [0.2, 0.25) is 0 Å². The second-order valence-electron chi connectivity index (χ2n) is 4.75. The van der Waals surface area contributed by atoms with E-state index in [0.29, 0.717) is 5.56 Å². The molecule has 3 rings (SSSR count). The van der Waals surface area contributed by atoms with Crippen LogP contribution < -0.4 is 5.73 Å². The first kappa shape index (κ1) is 13.1. The lowest BCUT2D eigenvalue weighted by Crippen LogP contribution is -2.29. The number of amides is 2. The third-order valence-corrected chi connectivity index (χ3v) is 3.38. The number of rotatable bonds is 2. The molecular formula is C15H11FN2O3. The Balaban J connectivity index is 1.95. The van der Waals surface area contributed by atoms with Gasteiger partial charge in [0, 0.05) is 5.69 Å². The minimum Gasteiger partial charge on any atom is -0.505 e. The zero-order valence-electron chi connectivity index (χ0n) is 10.8. The Morgan fingerprint density at radius 3 is 2.57 bits per heavy atom. The van der Waals surface area contributed by atoms with Crippen molar-refractivity contribution >= 4 is 17.5 Å². The molecule has 2 amide bonds. The molecule has 1 heterocycles. The van der Waals surface area contributed by atoms with E-state index >= 15 is 0 Å². The van der Waals surface area contributed by atoms with Crippen LogP contribution in [0.5, 0.6) is 5.75 Å². The van der Waals surface area contributed by atoms with Crippen LogP contribution in [-0.2, 0) is 6.54 Å². The van der Waals surface area contributed by atoms with Gasteiger partial charge in [-0.05, 0) is 29.8 Å². The van der Waals surface area contributed by atoms with Crippen molar-refractivity contribution in [3.05, 3.63) is 58.9 Å². The number of anilines is 1. The van der Waals surface area contributed by atoms with E-state index in [1.54, 1.807) is 12.1 Å². The summed E-state index contributed by atoms with van der Waals surface area (Å²) in [6, 6.07) is 8.39. The van der Waals surface area contributed by atoms with Gasteiger partial charge < -0.3 is 10.8 Å². The molecule has 0 fully saturated rings. The maximum atomic E-state index is 13.3. The molecule has 0 saturated heterocycles. The van der Waals surface area contributed by atoms with E-state index in [0.717, 1.165) is 11.0 Å². The molecular weight excluding hydrogens is 275 g/mol. The largest absolute Gasteiger partial charge is 0.505 e. The Bertz CT molecular complexity index is 774. The number of hydrogen-bond donors (Lipinski definition) is 2. The van der Waals surface area contributed by atoms with Gasteiger partial charge in [0.25, 0.3) is 11.8 Å². The predicted molar refractivity (Wildman–Crippen MR) is 73.1 cm³/mol. The molecule has 0 spiro atoms. The van der Waals surface area contributed by atoms with Gasteiger partial charge in [-0.25, -0.2) is 4.39 Å². The third kappa shape index (κ3) is 2.01. The van der Waals surface area contributed by atoms with Crippen LogP contribution in [0.2, 0.25) is 0 Å². The lowest BCUT2D eigenvalue weighted by Gasteiger charge is -2.14. The number of hydrogen-bond acceptors (Lipinski definition) is 4. The number of benzene rings is 2. The van der Waals surface area contributed by atoms with Gasteiger partial charge in [0.15, 0.2) is 11.6 Å². The summed E-state index contributed by atoms with van der Waals surface area (Å²) in [5, 5.41) is 9.15. The molecule has 0 aliphatic carbocycles. The van der Waals surface area contributed by atoms with Crippen molar-refractivity contribution in [2.75, 3.05) is 5.73 Å². The summed E-state index contributed by atoms with van der Waals surface area (Å²) in [6.45, 7) is -0.0804. The van der Waals surface area contributed by atoms with Crippen LogP contribution >= 0.6 is 0 Å². The monoisotopic (exact) mass is 286 g/mol. The number of halogens is 1. The van der Waals surface area contributed by atoms with Crippen LogP contribution in [0.4, 0.5) is 10.1 Å². The number of imide groups is 1. The molecule has 0 radical (unpaired) electrons. The van der Waals surface area contributed by atoms with Crippen LogP contribution in [0.15, 0.2) is 36.4 Å². The molecule has 0 unspecified atom stereocenters. The van der Waals surface area contributed by atoms with Gasteiger partial charge in [-0.1, -0.05) is 12.1 Å². The van der Waals surface area contributed by atoms with Gasteiger partial charge in [-0.3, -0.25) is 14.5 Å². The Hall–Kier alpha value is -2.89. The van der Waals surface area contributed by atoms with Gasteiger partial charge in [-0.2, -0.15) is 0 Å². The standard InChI is InChI=1S/C15H11FN2O3/c16-10-6-8(4-5-12(10)19)7-18-14(20)9-2-1-3-11(17)13(9)15(18)21/h1-6,19H,7,17H2. The second-order valence-corrected chi connectivity index (χ2v) is 4.75. The molecule has 0 atom stereocenters. The van der Waals surface area contributed by atoms with E-state index < -0.39 is 23.4 Å². The normalized spacial score (nSPS) is 13.7. The van der Waals surface area contributed by atoms with Crippen molar-refractivity contribution in [3.8, 4) is 5.75 Å². The van der Waals surface area contributed by atoms with Crippen molar-refractivity contribution in [2.45, 2.75) is 6.54 Å². The van der Waals surface area contributed by atoms with E-state index in [-0.39, 0.29) is 23.4 Å².